The van der Waals surface area contributed by atoms with E-state index in [2.05, 4.69) is 6.08 Å². The quantitative estimate of drug-likeness (QED) is 0.466. The Morgan fingerprint density at radius 1 is 1.31 bits per heavy atom. The number of hydrogen-bond donors (Lipinski definition) is 0. The summed E-state index contributed by atoms with van der Waals surface area (Å²) in [6.45, 7) is 3.13. The van der Waals surface area contributed by atoms with Gasteiger partial charge in [0.05, 0.1) is 19.6 Å². The zero-order valence-electron chi connectivity index (χ0n) is 9.61. The molecule has 2 rings (SSSR count). The first kappa shape index (κ1) is 11.6. The summed E-state index contributed by atoms with van der Waals surface area (Å²) in [5.74, 6) is -0.753. The second-order valence-corrected chi connectivity index (χ2v) is 4.32. The highest BCUT2D eigenvalue weighted by molar-refractivity contribution is 5.69. The molecule has 1 unspecified atom stereocenters. The Balaban J connectivity index is 2.04. The molecule has 0 radical (unpaired) electrons. The fourth-order valence-corrected chi connectivity index (χ4v) is 2.04. The molecule has 2 aliphatic rings. The summed E-state index contributed by atoms with van der Waals surface area (Å²) in [7, 11) is 0. The number of cyclic esters (lactones) is 1. The van der Waals surface area contributed by atoms with E-state index in [0.717, 1.165) is 6.42 Å². The van der Waals surface area contributed by atoms with Crippen LogP contribution < -0.4 is 0 Å². The molecule has 0 saturated carbocycles. The largest absolute Gasteiger partial charge is 0.462 e. The van der Waals surface area contributed by atoms with Crippen molar-refractivity contribution in [1.82, 2.24) is 0 Å². The van der Waals surface area contributed by atoms with E-state index in [9.17, 15) is 4.79 Å². The summed E-state index contributed by atoms with van der Waals surface area (Å²) in [5.41, 5.74) is 0. The Morgan fingerprint density at radius 3 is 2.81 bits per heavy atom. The van der Waals surface area contributed by atoms with Crippen molar-refractivity contribution in [3.05, 3.63) is 12.2 Å². The van der Waals surface area contributed by atoms with Crippen LogP contribution >= 0.6 is 0 Å². The van der Waals surface area contributed by atoms with Gasteiger partial charge in [0.1, 0.15) is 6.10 Å². The van der Waals surface area contributed by atoms with Crippen molar-refractivity contribution >= 4 is 5.97 Å². The topological polar surface area (TPSA) is 44.8 Å². The lowest BCUT2D eigenvalue weighted by atomic mass is 10.0. The second-order valence-electron chi connectivity index (χ2n) is 4.32. The standard InChI is InChI=1S/C12H18O4/c1-10-4-2-3-6-12(14-8-9-15-12)7-5-11(13)16-10/h2-3,10H,4-9H2,1H3/b3-2-. The predicted octanol–water partition coefficient (Wildman–Crippen LogP) is 1.79. The second kappa shape index (κ2) is 4.97. The monoisotopic (exact) mass is 226 g/mol. The van der Waals surface area contributed by atoms with Crippen LogP contribution in [0.5, 0.6) is 0 Å². The maximum absolute atomic E-state index is 11.5. The van der Waals surface area contributed by atoms with Gasteiger partial charge in [-0.15, -0.1) is 0 Å². The molecule has 1 atom stereocenters. The molecule has 1 fully saturated rings. The first-order valence-corrected chi connectivity index (χ1v) is 5.83. The third kappa shape index (κ3) is 2.83. The molecular formula is C12H18O4. The van der Waals surface area contributed by atoms with Crippen molar-refractivity contribution < 1.29 is 19.0 Å². The zero-order valence-corrected chi connectivity index (χ0v) is 9.61. The molecule has 4 heteroatoms. The van der Waals surface area contributed by atoms with Crippen molar-refractivity contribution in [1.29, 1.82) is 0 Å². The lowest BCUT2D eigenvalue weighted by Gasteiger charge is -2.26. The van der Waals surface area contributed by atoms with Crippen LogP contribution in [0.15, 0.2) is 12.2 Å². The summed E-state index contributed by atoms with van der Waals surface area (Å²) in [5, 5.41) is 0. The highest BCUT2D eigenvalue weighted by Gasteiger charge is 2.36. The molecule has 1 saturated heterocycles. The number of carbonyl (C=O) groups is 1. The van der Waals surface area contributed by atoms with Gasteiger partial charge in [-0.25, -0.2) is 0 Å². The van der Waals surface area contributed by atoms with E-state index in [1.165, 1.54) is 0 Å². The fourth-order valence-electron chi connectivity index (χ4n) is 2.04. The normalized spacial score (nSPS) is 32.3. The highest BCUT2D eigenvalue weighted by Crippen LogP contribution is 2.30. The summed E-state index contributed by atoms with van der Waals surface area (Å²) in [6, 6.07) is 0. The van der Waals surface area contributed by atoms with E-state index in [1.54, 1.807) is 0 Å². The number of carbonyl (C=O) groups excluding carboxylic acids is 1. The van der Waals surface area contributed by atoms with E-state index < -0.39 is 5.79 Å². The van der Waals surface area contributed by atoms with Gasteiger partial charge in [0.15, 0.2) is 5.79 Å². The van der Waals surface area contributed by atoms with Crippen molar-refractivity contribution in [2.24, 2.45) is 0 Å². The third-order valence-electron chi connectivity index (χ3n) is 2.92. The van der Waals surface area contributed by atoms with Gasteiger partial charge >= 0.3 is 5.97 Å². The highest BCUT2D eigenvalue weighted by atomic mass is 16.7. The maximum atomic E-state index is 11.5. The lowest BCUT2D eigenvalue weighted by Crippen LogP contribution is -2.31. The first-order chi connectivity index (χ1) is 7.70. The molecule has 0 aliphatic carbocycles. The van der Waals surface area contributed by atoms with Crippen molar-refractivity contribution in [2.45, 2.75) is 44.5 Å². The average Bonchev–Trinajstić information content (AvgIpc) is 2.71. The van der Waals surface area contributed by atoms with Crippen LogP contribution in [0.1, 0.15) is 32.6 Å². The Morgan fingerprint density at radius 2 is 2.06 bits per heavy atom. The molecule has 0 aromatic heterocycles. The van der Waals surface area contributed by atoms with E-state index in [1.807, 2.05) is 13.0 Å². The number of esters is 1. The van der Waals surface area contributed by atoms with Crippen LogP contribution in [0.4, 0.5) is 0 Å². The molecule has 0 N–H and O–H groups in total. The van der Waals surface area contributed by atoms with Crippen LogP contribution in [0, 0.1) is 0 Å². The molecule has 2 aliphatic heterocycles. The Labute approximate surface area is 95.6 Å². The van der Waals surface area contributed by atoms with E-state index in [-0.39, 0.29) is 12.1 Å². The Kier molecular flexibility index (Phi) is 3.61. The van der Waals surface area contributed by atoms with Crippen molar-refractivity contribution in [2.75, 3.05) is 13.2 Å². The summed E-state index contributed by atoms with van der Waals surface area (Å²) in [6.07, 6.45) is 6.44. The van der Waals surface area contributed by atoms with Gasteiger partial charge in [0.25, 0.3) is 0 Å². The molecule has 2 heterocycles. The molecule has 4 nitrogen and oxygen atoms in total. The van der Waals surface area contributed by atoms with Crippen molar-refractivity contribution in [3.63, 3.8) is 0 Å². The average molecular weight is 226 g/mol. The van der Waals surface area contributed by atoms with Crippen LogP contribution in [-0.4, -0.2) is 31.1 Å². The minimum absolute atomic E-state index is 0.0387. The molecule has 0 amide bonds. The van der Waals surface area contributed by atoms with Crippen LogP contribution in [0.3, 0.4) is 0 Å². The maximum Gasteiger partial charge on any atom is 0.306 e. The Hall–Kier alpha value is -0.870. The number of rotatable bonds is 0. The molecule has 1 spiro atoms. The molecule has 0 bridgehead atoms. The van der Waals surface area contributed by atoms with E-state index in [4.69, 9.17) is 14.2 Å². The van der Waals surface area contributed by atoms with Gasteiger partial charge in [-0.2, -0.15) is 0 Å². The molecule has 0 aromatic carbocycles. The van der Waals surface area contributed by atoms with Crippen LogP contribution in [0.25, 0.3) is 0 Å². The van der Waals surface area contributed by atoms with Gasteiger partial charge in [0, 0.05) is 19.3 Å². The smallest absolute Gasteiger partial charge is 0.306 e. The summed E-state index contributed by atoms with van der Waals surface area (Å²) >= 11 is 0. The predicted molar refractivity (Wildman–Crippen MR) is 57.8 cm³/mol. The lowest BCUT2D eigenvalue weighted by molar-refractivity contribution is -0.171. The number of hydrogen-bond acceptors (Lipinski definition) is 4. The van der Waals surface area contributed by atoms with Crippen LogP contribution in [0.2, 0.25) is 0 Å². The first-order valence-electron chi connectivity index (χ1n) is 5.83. The van der Waals surface area contributed by atoms with E-state index >= 15 is 0 Å². The molecule has 90 valence electrons. The summed E-state index contributed by atoms with van der Waals surface area (Å²) < 4.78 is 16.4. The Bertz CT molecular complexity index is 279. The van der Waals surface area contributed by atoms with Gasteiger partial charge in [-0.1, -0.05) is 12.2 Å². The summed E-state index contributed by atoms with van der Waals surface area (Å²) in [4.78, 5) is 11.5. The third-order valence-corrected chi connectivity index (χ3v) is 2.92. The van der Waals surface area contributed by atoms with Crippen molar-refractivity contribution in [3.8, 4) is 0 Å². The molecule has 16 heavy (non-hydrogen) atoms. The molecular weight excluding hydrogens is 208 g/mol. The van der Waals surface area contributed by atoms with Gasteiger partial charge in [-0.05, 0) is 6.92 Å². The van der Waals surface area contributed by atoms with Gasteiger partial charge < -0.3 is 14.2 Å². The fraction of sp³-hybridized carbons (Fsp3) is 0.750. The van der Waals surface area contributed by atoms with E-state index in [0.29, 0.717) is 32.5 Å². The van der Waals surface area contributed by atoms with Crippen LogP contribution in [-0.2, 0) is 19.0 Å². The van der Waals surface area contributed by atoms with Gasteiger partial charge in [0.2, 0.25) is 0 Å². The minimum Gasteiger partial charge on any atom is -0.462 e. The molecule has 0 aromatic rings. The number of ether oxygens (including phenoxy) is 3. The minimum atomic E-state index is -0.587. The SMILES string of the molecule is CC1C/C=C\CC2(CCC(=O)O1)OCCO2. The zero-order chi connectivity index (χ0) is 11.4. The van der Waals surface area contributed by atoms with Gasteiger partial charge in [-0.3, -0.25) is 4.79 Å².